The van der Waals surface area contributed by atoms with Crippen molar-refractivity contribution in [3.8, 4) is 11.4 Å². The highest BCUT2D eigenvalue weighted by Gasteiger charge is 2.33. The number of nitrogens with zero attached hydrogens (tertiary/aromatic N) is 5. The number of fused-ring (bicyclic) bond motifs is 2. The van der Waals surface area contributed by atoms with Gasteiger partial charge in [-0.2, -0.15) is 13.2 Å². The van der Waals surface area contributed by atoms with Gasteiger partial charge in [0.25, 0.3) is 0 Å². The summed E-state index contributed by atoms with van der Waals surface area (Å²) >= 11 is 0. The first kappa shape index (κ1) is 27.1. The lowest BCUT2D eigenvalue weighted by atomic mass is 10.0. The average Bonchev–Trinajstić information content (AvgIpc) is 3.33. The molecule has 1 saturated heterocycles. The van der Waals surface area contributed by atoms with Crippen molar-refractivity contribution < 1.29 is 18.0 Å². The molecule has 8 nitrogen and oxygen atoms in total. The number of carbonyl (C=O) groups excluding carboxylic acids is 1. The molecule has 6 rings (SSSR count). The van der Waals surface area contributed by atoms with Gasteiger partial charge in [-0.1, -0.05) is 18.2 Å². The van der Waals surface area contributed by atoms with Crippen LogP contribution in [0.25, 0.3) is 22.3 Å². The van der Waals surface area contributed by atoms with Crippen LogP contribution in [-0.2, 0) is 23.9 Å². The second-order valence-corrected chi connectivity index (χ2v) is 10.9. The standard InChI is InChI=1S/C30H32F3N7O/c1-18-6-7-20(30(31,32)33)14-25(18)40-9-8-23-22(16-40)29(39-12-10-38(11-13-39)17-26(34)41)37-28(36-23)21-4-3-5-24-27(21)19(2)15-35-24/h3-7,14-15,35H,8-13,16-17H2,1-2H3,(H2,34,41). The van der Waals surface area contributed by atoms with Crippen LogP contribution in [0.15, 0.2) is 42.6 Å². The van der Waals surface area contributed by atoms with E-state index in [4.69, 9.17) is 15.7 Å². The number of amides is 1. The van der Waals surface area contributed by atoms with E-state index in [0.717, 1.165) is 50.7 Å². The first-order valence-electron chi connectivity index (χ1n) is 13.7. The fourth-order valence-electron chi connectivity index (χ4n) is 5.99. The van der Waals surface area contributed by atoms with Crippen LogP contribution in [0.1, 0.15) is 27.9 Å². The van der Waals surface area contributed by atoms with Gasteiger partial charge in [-0.15, -0.1) is 0 Å². The van der Waals surface area contributed by atoms with Gasteiger partial charge in [0.1, 0.15) is 5.82 Å². The molecule has 11 heteroatoms. The number of piperazine rings is 1. The lowest BCUT2D eigenvalue weighted by Gasteiger charge is -2.38. The molecular formula is C30H32F3N7O. The van der Waals surface area contributed by atoms with Crippen molar-refractivity contribution in [2.24, 2.45) is 5.73 Å². The molecule has 0 spiro atoms. The molecule has 3 N–H and O–H groups in total. The third kappa shape index (κ3) is 5.21. The summed E-state index contributed by atoms with van der Waals surface area (Å²) in [6.45, 7) is 7.64. The van der Waals surface area contributed by atoms with E-state index in [2.05, 4.69) is 16.8 Å². The number of hydrogen-bond acceptors (Lipinski definition) is 6. The molecule has 2 aliphatic heterocycles. The predicted octanol–water partition coefficient (Wildman–Crippen LogP) is 4.43. The van der Waals surface area contributed by atoms with E-state index in [9.17, 15) is 18.0 Å². The maximum Gasteiger partial charge on any atom is 0.416 e. The Labute approximate surface area is 236 Å². The van der Waals surface area contributed by atoms with Crippen molar-refractivity contribution in [1.82, 2.24) is 19.9 Å². The summed E-state index contributed by atoms with van der Waals surface area (Å²) in [4.78, 5) is 31.2. The highest BCUT2D eigenvalue weighted by Crippen LogP contribution is 2.38. The Morgan fingerprint density at radius 1 is 1.00 bits per heavy atom. The summed E-state index contributed by atoms with van der Waals surface area (Å²) in [5.41, 5.74) is 11.0. The van der Waals surface area contributed by atoms with E-state index in [1.165, 1.54) is 12.1 Å². The number of H-pyrrole nitrogens is 1. The van der Waals surface area contributed by atoms with E-state index in [1.807, 2.05) is 41.1 Å². The molecule has 4 heterocycles. The number of anilines is 2. The van der Waals surface area contributed by atoms with Crippen LogP contribution in [0.2, 0.25) is 0 Å². The van der Waals surface area contributed by atoms with Crippen LogP contribution >= 0.6 is 0 Å². The first-order chi connectivity index (χ1) is 19.6. The van der Waals surface area contributed by atoms with Crippen molar-refractivity contribution in [2.45, 2.75) is 33.0 Å². The highest BCUT2D eigenvalue weighted by atomic mass is 19.4. The normalized spacial score (nSPS) is 16.3. The monoisotopic (exact) mass is 563 g/mol. The summed E-state index contributed by atoms with van der Waals surface area (Å²) < 4.78 is 40.7. The molecule has 41 heavy (non-hydrogen) atoms. The maximum atomic E-state index is 13.6. The minimum atomic E-state index is -4.42. The summed E-state index contributed by atoms with van der Waals surface area (Å²) in [5.74, 6) is 1.07. The average molecular weight is 564 g/mol. The molecule has 1 amide bonds. The summed E-state index contributed by atoms with van der Waals surface area (Å²) in [6.07, 6.45) is -1.86. The van der Waals surface area contributed by atoms with Gasteiger partial charge in [0, 0.05) is 79.6 Å². The van der Waals surface area contributed by atoms with E-state index >= 15 is 0 Å². The minimum absolute atomic E-state index is 0.207. The number of rotatable bonds is 5. The molecule has 0 radical (unpaired) electrons. The smallest absolute Gasteiger partial charge is 0.369 e. The van der Waals surface area contributed by atoms with Crippen LogP contribution in [0.3, 0.4) is 0 Å². The number of hydrogen-bond donors (Lipinski definition) is 2. The van der Waals surface area contributed by atoms with E-state index in [0.29, 0.717) is 57.2 Å². The van der Waals surface area contributed by atoms with Gasteiger partial charge in [-0.25, -0.2) is 9.97 Å². The van der Waals surface area contributed by atoms with E-state index in [1.54, 1.807) is 0 Å². The molecule has 0 aliphatic carbocycles. The molecule has 0 unspecified atom stereocenters. The molecule has 2 aromatic heterocycles. The van der Waals surface area contributed by atoms with Crippen molar-refractivity contribution in [1.29, 1.82) is 0 Å². The van der Waals surface area contributed by atoms with Gasteiger partial charge in [-0.05, 0) is 43.2 Å². The van der Waals surface area contributed by atoms with Gasteiger partial charge >= 0.3 is 6.18 Å². The number of halogens is 3. The number of aromatic amines is 1. The third-order valence-electron chi connectivity index (χ3n) is 8.11. The summed E-state index contributed by atoms with van der Waals surface area (Å²) in [5, 5.41) is 1.07. The molecule has 0 atom stereocenters. The van der Waals surface area contributed by atoms with Crippen LogP contribution in [0.5, 0.6) is 0 Å². The number of nitrogens with one attached hydrogen (secondary N) is 1. The maximum absolute atomic E-state index is 13.6. The number of carbonyl (C=O) groups is 1. The van der Waals surface area contributed by atoms with Crippen LogP contribution in [0.4, 0.5) is 24.7 Å². The lowest BCUT2D eigenvalue weighted by molar-refractivity contribution is -0.137. The Balaban J connectivity index is 1.42. The fourth-order valence-corrected chi connectivity index (χ4v) is 5.99. The number of aromatic nitrogens is 3. The van der Waals surface area contributed by atoms with Crippen molar-refractivity contribution in [2.75, 3.05) is 49.1 Å². The summed E-state index contributed by atoms with van der Waals surface area (Å²) in [6, 6.07) is 9.95. The van der Waals surface area contributed by atoms with Crippen molar-refractivity contribution in [3.63, 3.8) is 0 Å². The van der Waals surface area contributed by atoms with Crippen LogP contribution in [-0.4, -0.2) is 65.0 Å². The zero-order chi connectivity index (χ0) is 28.9. The molecule has 2 aromatic carbocycles. The topological polar surface area (TPSA) is 94.4 Å². The molecule has 0 bridgehead atoms. The molecule has 214 valence electrons. The Kier molecular flexibility index (Phi) is 6.85. The number of aryl methyl sites for hydroxylation is 2. The second-order valence-electron chi connectivity index (χ2n) is 10.9. The Hall–Kier alpha value is -4.12. The van der Waals surface area contributed by atoms with Gasteiger partial charge in [0.15, 0.2) is 5.82 Å². The minimum Gasteiger partial charge on any atom is -0.369 e. The Bertz CT molecular complexity index is 1620. The van der Waals surface area contributed by atoms with Gasteiger partial charge in [0.05, 0.1) is 17.8 Å². The zero-order valence-corrected chi connectivity index (χ0v) is 23.1. The van der Waals surface area contributed by atoms with Gasteiger partial charge in [-0.3, -0.25) is 9.69 Å². The van der Waals surface area contributed by atoms with Crippen molar-refractivity contribution >= 4 is 28.3 Å². The Morgan fingerprint density at radius 3 is 2.51 bits per heavy atom. The number of primary amides is 1. The first-order valence-corrected chi connectivity index (χ1v) is 13.7. The largest absolute Gasteiger partial charge is 0.416 e. The third-order valence-corrected chi connectivity index (χ3v) is 8.11. The number of alkyl halides is 3. The lowest BCUT2D eigenvalue weighted by Crippen LogP contribution is -2.49. The van der Waals surface area contributed by atoms with E-state index in [-0.39, 0.29) is 12.5 Å². The molecule has 2 aliphatic rings. The molecule has 0 saturated carbocycles. The molecule has 1 fully saturated rings. The summed E-state index contributed by atoms with van der Waals surface area (Å²) in [7, 11) is 0. The Morgan fingerprint density at radius 2 is 1.78 bits per heavy atom. The van der Waals surface area contributed by atoms with E-state index < -0.39 is 11.7 Å². The predicted molar refractivity (Wildman–Crippen MR) is 153 cm³/mol. The number of benzene rings is 2. The SMILES string of the molecule is Cc1ccc(C(F)(F)F)cc1N1CCc2nc(-c3cccc4[nH]cc(C)c34)nc(N3CCN(CC(N)=O)CC3)c2C1. The second kappa shape index (κ2) is 10.4. The number of nitrogens with two attached hydrogens (primary N) is 1. The quantitative estimate of drug-likeness (QED) is 0.373. The fraction of sp³-hybridized carbons (Fsp3) is 0.367. The van der Waals surface area contributed by atoms with Crippen molar-refractivity contribution in [3.05, 3.63) is 70.5 Å². The molecule has 4 aromatic rings. The molecular weight excluding hydrogens is 531 g/mol. The zero-order valence-electron chi connectivity index (χ0n) is 23.1. The van der Waals surface area contributed by atoms with Crippen LogP contribution < -0.4 is 15.5 Å². The van der Waals surface area contributed by atoms with Gasteiger partial charge < -0.3 is 20.5 Å². The van der Waals surface area contributed by atoms with Gasteiger partial charge in [0.2, 0.25) is 5.91 Å². The highest BCUT2D eigenvalue weighted by molar-refractivity contribution is 5.96. The van der Waals surface area contributed by atoms with Crippen LogP contribution in [0, 0.1) is 13.8 Å².